The first-order valence-electron chi connectivity index (χ1n) is 9.88. The minimum atomic E-state index is 0.118. The van der Waals surface area contributed by atoms with Crippen molar-refractivity contribution < 1.29 is 4.79 Å². The molecule has 0 atom stereocenters. The molecule has 146 valence electrons. The normalized spacial score (nSPS) is 13.8. The molecule has 0 spiro atoms. The summed E-state index contributed by atoms with van der Waals surface area (Å²) in [4.78, 5) is 14.9. The summed E-state index contributed by atoms with van der Waals surface area (Å²) in [6, 6.07) is 16.6. The van der Waals surface area contributed by atoms with E-state index in [-0.39, 0.29) is 5.91 Å². The summed E-state index contributed by atoms with van der Waals surface area (Å²) < 4.78 is 2.08. The van der Waals surface area contributed by atoms with Gasteiger partial charge in [0.05, 0.1) is 11.3 Å². The number of para-hydroxylation sites is 2. The number of hydrogen-bond donors (Lipinski definition) is 0. The Morgan fingerprint density at radius 3 is 2.83 bits per heavy atom. The lowest BCUT2D eigenvalue weighted by molar-refractivity contribution is -0.116. The Hall–Kier alpha value is -2.86. The van der Waals surface area contributed by atoms with Crippen molar-refractivity contribution in [3.8, 4) is 0 Å². The quantitative estimate of drug-likeness (QED) is 0.471. The fourth-order valence-electron chi connectivity index (χ4n) is 4.22. The monoisotopic (exact) mass is 402 g/mol. The summed E-state index contributed by atoms with van der Waals surface area (Å²) in [6.45, 7) is 4.98. The molecule has 1 aliphatic rings. The molecule has 3 heterocycles. The number of aromatic nitrogens is 3. The topological polar surface area (TPSA) is 50.5 Å². The van der Waals surface area contributed by atoms with E-state index in [9.17, 15) is 4.79 Å². The van der Waals surface area contributed by atoms with Gasteiger partial charge in [0.25, 0.3) is 0 Å². The second-order valence-electron chi connectivity index (χ2n) is 7.54. The van der Waals surface area contributed by atoms with Crippen LogP contribution in [0.25, 0.3) is 16.6 Å². The first kappa shape index (κ1) is 18.2. The highest BCUT2D eigenvalue weighted by Gasteiger charge is 2.23. The number of pyridine rings is 1. The molecule has 2 aromatic heterocycles. The van der Waals surface area contributed by atoms with Crippen LogP contribution < -0.4 is 4.90 Å². The fraction of sp³-hybridized carbons (Fsp3) is 0.261. The van der Waals surface area contributed by atoms with E-state index in [2.05, 4.69) is 58.8 Å². The van der Waals surface area contributed by atoms with Gasteiger partial charge in [-0.15, -0.1) is 10.2 Å². The van der Waals surface area contributed by atoms with Crippen LogP contribution in [-0.2, 0) is 11.2 Å². The number of fused-ring (bicyclic) bond motifs is 4. The zero-order chi connectivity index (χ0) is 20.0. The van der Waals surface area contributed by atoms with Crippen LogP contribution in [0.5, 0.6) is 0 Å². The Labute approximate surface area is 173 Å². The van der Waals surface area contributed by atoms with Crippen molar-refractivity contribution in [2.75, 3.05) is 17.2 Å². The van der Waals surface area contributed by atoms with Crippen molar-refractivity contribution in [1.29, 1.82) is 0 Å². The summed E-state index contributed by atoms with van der Waals surface area (Å²) in [5.74, 6) is 0.461. The summed E-state index contributed by atoms with van der Waals surface area (Å²) in [5, 5.41) is 10.7. The van der Waals surface area contributed by atoms with Crippen molar-refractivity contribution in [3.63, 3.8) is 0 Å². The van der Waals surface area contributed by atoms with E-state index in [4.69, 9.17) is 0 Å². The van der Waals surface area contributed by atoms with Crippen LogP contribution in [0.15, 0.2) is 53.7 Å². The van der Waals surface area contributed by atoms with E-state index < -0.39 is 0 Å². The van der Waals surface area contributed by atoms with Crippen molar-refractivity contribution in [3.05, 3.63) is 65.2 Å². The maximum absolute atomic E-state index is 13.0. The van der Waals surface area contributed by atoms with Crippen molar-refractivity contribution in [2.45, 2.75) is 31.8 Å². The van der Waals surface area contributed by atoms with Crippen molar-refractivity contribution in [1.82, 2.24) is 14.6 Å². The van der Waals surface area contributed by atoms with Crippen LogP contribution in [0.3, 0.4) is 0 Å². The number of rotatable bonds is 3. The van der Waals surface area contributed by atoms with Gasteiger partial charge in [0, 0.05) is 17.6 Å². The largest absolute Gasteiger partial charge is 0.311 e. The third kappa shape index (κ3) is 3.08. The highest BCUT2D eigenvalue weighted by Crippen LogP contribution is 2.30. The van der Waals surface area contributed by atoms with Gasteiger partial charge in [-0.1, -0.05) is 48.2 Å². The highest BCUT2D eigenvalue weighted by atomic mass is 32.2. The molecular weight excluding hydrogens is 380 g/mol. The number of amides is 1. The van der Waals surface area contributed by atoms with Gasteiger partial charge in [-0.3, -0.25) is 9.20 Å². The second-order valence-corrected chi connectivity index (χ2v) is 8.48. The third-order valence-corrected chi connectivity index (χ3v) is 6.54. The van der Waals surface area contributed by atoms with Gasteiger partial charge >= 0.3 is 0 Å². The summed E-state index contributed by atoms with van der Waals surface area (Å²) in [6.07, 6.45) is 2.04. The summed E-state index contributed by atoms with van der Waals surface area (Å²) in [7, 11) is 0. The molecule has 1 amide bonds. The molecule has 0 unspecified atom stereocenters. The van der Waals surface area contributed by atoms with E-state index in [1.807, 2.05) is 23.1 Å². The van der Waals surface area contributed by atoms with Gasteiger partial charge in [-0.25, -0.2) is 0 Å². The fourth-order valence-corrected chi connectivity index (χ4v) is 5.04. The SMILES string of the molecule is Cc1cc2nnc(SCC(=O)N3CCCc4ccccc43)n2c2c(C)cccc12. The molecule has 1 aliphatic heterocycles. The number of aryl methyl sites for hydroxylation is 3. The van der Waals surface area contributed by atoms with E-state index in [0.717, 1.165) is 41.4 Å². The predicted molar refractivity (Wildman–Crippen MR) is 118 cm³/mol. The number of anilines is 1. The van der Waals surface area contributed by atoms with Gasteiger partial charge < -0.3 is 4.90 Å². The van der Waals surface area contributed by atoms with E-state index in [1.54, 1.807) is 0 Å². The second kappa shape index (κ2) is 7.19. The lowest BCUT2D eigenvalue weighted by Crippen LogP contribution is -2.36. The van der Waals surface area contributed by atoms with Crippen LogP contribution in [-0.4, -0.2) is 32.8 Å². The maximum Gasteiger partial charge on any atom is 0.237 e. The van der Waals surface area contributed by atoms with E-state index in [0.29, 0.717) is 5.75 Å². The summed E-state index contributed by atoms with van der Waals surface area (Å²) in [5.41, 5.74) is 6.60. The molecule has 4 aromatic rings. The number of thioether (sulfide) groups is 1. The number of carbonyl (C=O) groups excluding carboxylic acids is 1. The van der Waals surface area contributed by atoms with Crippen LogP contribution >= 0.6 is 11.8 Å². The Kier molecular flexibility index (Phi) is 4.51. The lowest BCUT2D eigenvalue weighted by atomic mass is 10.0. The number of nitrogens with zero attached hydrogens (tertiary/aromatic N) is 4. The number of carbonyl (C=O) groups is 1. The van der Waals surface area contributed by atoms with Gasteiger partial charge in [-0.05, 0) is 55.5 Å². The molecule has 6 heteroatoms. The first-order chi connectivity index (χ1) is 14.1. The third-order valence-electron chi connectivity index (χ3n) is 5.63. The van der Waals surface area contributed by atoms with E-state index >= 15 is 0 Å². The molecule has 0 radical (unpaired) electrons. The van der Waals surface area contributed by atoms with Crippen molar-refractivity contribution >= 4 is 39.9 Å². The molecule has 5 nitrogen and oxygen atoms in total. The molecule has 0 fully saturated rings. The number of benzene rings is 2. The molecule has 29 heavy (non-hydrogen) atoms. The smallest absolute Gasteiger partial charge is 0.237 e. The molecule has 0 saturated heterocycles. The highest BCUT2D eigenvalue weighted by molar-refractivity contribution is 7.99. The van der Waals surface area contributed by atoms with Crippen LogP contribution in [0.2, 0.25) is 0 Å². The van der Waals surface area contributed by atoms with Gasteiger partial charge in [-0.2, -0.15) is 0 Å². The standard InChI is InChI=1S/C23H22N4OS/c1-15-7-5-10-18-16(2)13-20-24-25-23(27(20)22(15)18)29-14-21(28)26-12-6-9-17-8-3-4-11-19(17)26/h3-5,7-8,10-11,13H,6,9,12,14H2,1-2H3. The van der Waals surface area contributed by atoms with Gasteiger partial charge in [0.1, 0.15) is 0 Å². The molecule has 0 saturated carbocycles. The Morgan fingerprint density at radius 2 is 1.93 bits per heavy atom. The zero-order valence-corrected chi connectivity index (χ0v) is 17.4. The van der Waals surface area contributed by atoms with Gasteiger partial charge in [0.2, 0.25) is 5.91 Å². The predicted octanol–water partition coefficient (Wildman–Crippen LogP) is 4.57. The van der Waals surface area contributed by atoms with E-state index in [1.165, 1.54) is 33.8 Å². The minimum absolute atomic E-state index is 0.118. The summed E-state index contributed by atoms with van der Waals surface area (Å²) >= 11 is 1.46. The Bertz CT molecular complexity index is 1250. The van der Waals surface area contributed by atoms with Crippen LogP contribution in [0.1, 0.15) is 23.1 Å². The maximum atomic E-state index is 13.0. The van der Waals surface area contributed by atoms with Crippen LogP contribution in [0.4, 0.5) is 5.69 Å². The molecular formula is C23H22N4OS. The molecule has 0 aliphatic carbocycles. The Balaban J connectivity index is 1.47. The van der Waals surface area contributed by atoms with Gasteiger partial charge in [0.15, 0.2) is 10.8 Å². The molecule has 0 N–H and O–H groups in total. The lowest BCUT2D eigenvalue weighted by Gasteiger charge is -2.29. The first-order valence-corrected chi connectivity index (χ1v) is 10.9. The Morgan fingerprint density at radius 1 is 1.07 bits per heavy atom. The van der Waals surface area contributed by atoms with Crippen molar-refractivity contribution in [2.24, 2.45) is 0 Å². The molecule has 5 rings (SSSR count). The van der Waals surface area contributed by atoms with Crippen LogP contribution in [0, 0.1) is 13.8 Å². The average molecular weight is 403 g/mol. The molecule has 2 aromatic carbocycles. The number of hydrogen-bond acceptors (Lipinski definition) is 4. The molecule has 0 bridgehead atoms. The zero-order valence-electron chi connectivity index (χ0n) is 16.6. The average Bonchev–Trinajstić information content (AvgIpc) is 3.14. The minimum Gasteiger partial charge on any atom is -0.311 e.